The third-order valence-corrected chi connectivity index (χ3v) is 1.49. The van der Waals surface area contributed by atoms with E-state index >= 15 is 0 Å². The van der Waals surface area contributed by atoms with Gasteiger partial charge in [-0.25, -0.2) is 4.79 Å². The van der Waals surface area contributed by atoms with Crippen molar-refractivity contribution in [1.82, 2.24) is 0 Å². The number of aliphatic carboxylic acids is 1. The van der Waals surface area contributed by atoms with Crippen LogP contribution in [0, 0.1) is 0 Å². The highest BCUT2D eigenvalue weighted by atomic mass is 35.5. The number of aliphatic imine (C=N–C) groups is 1. The lowest BCUT2D eigenvalue weighted by atomic mass is 10.2. The van der Waals surface area contributed by atoms with Gasteiger partial charge in [-0.3, -0.25) is 4.99 Å². The first kappa shape index (κ1) is 7.28. The fourth-order valence-corrected chi connectivity index (χ4v) is 0.799. The van der Waals surface area contributed by atoms with Crippen molar-refractivity contribution >= 4 is 22.7 Å². The average Bonchev–Trinajstić information content (AvgIpc) is 1.88. The van der Waals surface area contributed by atoms with Crippen LogP contribution in [-0.4, -0.2) is 22.8 Å². The molecule has 0 saturated heterocycles. The molecule has 0 spiro atoms. The molecule has 54 valence electrons. The second-order valence-corrected chi connectivity index (χ2v) is 2.37. The fourth-order valence-electron chi connectivity index (χ4n) is 0.662. The molecule has 0 aromatic carbocycles. The molecule has 4 heteroatoms. The van der Waals surface area contributed by atoms with E-state index in [1.807, 2.05) is 0 Å². The Balaban J connectivity index is 2.62. The Morgan fingerprint density at radius 2 is 2.50 bits per heavy atom. The van der Waals surface area contributed by atoms with Crippen molar-refractivity contribution in [3.8, 4) is 0 Å². The van der Waals surface area contributed by atoms with Crippen molar-refractivity contribution in [3.05, 3.63) is 11.6 Å². The predicted molar refractivity (Wildman–Crippen MR) is 38.5 cm³/mol. The number of hydrogen-bond acceptors (Lipinski definition) is 2. The van der Waals surface area contributed by atoms with Crippen LogP contribution in [0.25, 0.3) is 0 Å². The Bertz CT molecular complexity index is 220. The Morgan fingerprint density at radius 1 is 1.80 bits per heavy atom. The molecule has 0 aromatic rings. The lowest BCUT2D eigenvalue weighted by Gasteiger charge is -2.03. The molecule has 0 unspecified atom stereocenters. The third-order valence-electron chi connectivity index (χ3n) is 1.21. The molecule has 0 fully saturated rings. The normalized spacial score (nSPS) is 17.7. The van der Waals surface area contributed by atoms with Crippen molar-refractivity contribution in [2.24, 2.45) is 4.99 Å². The maximum absolute atomic E-state index is 10.3. The summed E-state index contributed by atoms with van der Waals surface area (Å²) in [6, 6.07) is 0. The van der Waals surface area contributed by atoms with Crippen LogP contribution in [0.1, 0.15) is 6.42 Å². The number of dihydropyridines is 1. The van der Waals surface area contributed by atoms with Gasteiger partial charge in [0.05, 0.1) is 12.1 Å². The third kappa shape index (κ3) is 1.57. The van der Waals surface area contributed by atoms with Crippen LogP contribution < -0.4 is 0 Å². The van der Waals surface area contributed by atoms with Crippen LogP contribution in [0.3, 0.4) is 0 Å². The number of carbonyl (C=O) groups is 1. The van der Waals surface area contributed by atoms with E-state index in [0.717, 1.165) is 0 Å². The minimum Gasteiger partial charge on any atom is -0.478 e. The predicted octanol–water partition coefficient (Wildman–Crippen LogP) is 1.04. The standard InChI is InChI=1S/C6H6ClNO2/c7-5-2-1-4(3-8-5)6(9)10/h1H,2-3H2,(H,9,10). The molecule has 0 saturated carbocycles. The van der Waals surface area contributed by atoms with Gasteiger partial charge in [-0.05, 0) is 0 Å². The van der Waals surface area contributed by atoms with Crippen LogP contribution in [0.5, 0.6) is 0 Å². The van der Waals surface area contributed by atoms with Crippen LogP contribution in [-0.2, 0) is 4.79 Å². The summed E-state index contributed by atoms with van der Waals surface area (Å²) in [5.41, 5.74) is 0.324. The number of allylic oxidation sites excluding steroid dienone is 1. The smallest absolute Gasteiger partial charge is 0.333 e. The summed E-state index contributed by atoms with van der Waals surface area (Å²) in [7, 11) is 0. The van der Waals surface area contributed by atoms with E-state index < -0.39 is 5.97 Å². The summed E-state index contributed by atoms with van der Waals surface area (Å²) >= 11 is 5.50. The molecular formula is C6H6ClNO2. The van der Waals surface area contributed by atoms with E-state index in [2.05, 4.69) is 4.99 Å². The summed E-state index contributed by atoms with van der Waals surface area (Å²) in [6.07, 6.45) is 2.03. The first-order chi connectivity index (χ1) is 4.70. The summed E-state index contributed by atoms with van der Waals surface area (Å²) < 4.78 is 0. The molecule has 1 heterocycles. The molecule has 1 rings (SSSR count). The highest BCUT2D eigenvalue weighted by Crippen LogP contribution is 2.08. The van der Waals surface area contributed by atoms with Gasteiger partial charge in [0.1, 0.15) is 5.17 Å². The summed E-state index contributed by atoms with van der Waals surface area (Å²) in [6.45, 7) is 0.203. The van der Waals surface area contributed by atoms with Gasteiger partial charge >= 0.3 is 5.97 Å². The molecule has 3 nitrogen and oxygen atoms in total. The van der Waals surface area contributed by atoms with Gasteiger partial charge in [0, 0.05) is 6.42 Å². The zero-order chi connectivity index (χ0) is 7.56. The minimum atomic E-state index is -0.909. The van der Waals surface area contributed by atoms with E-state index in [9.17, 15) is 4.79 Å². The van der Waals surface area contributed by atoms with Gasteiger partial charge < -0.3 is 5.11 Å². The van der Waals surface area contributed by atoms with E-state index in [-0.39, 0.29) is 6.54 Å². The molecule has 1 N–H and O–H groups in total. The van der Waals surface area contributed by atoms with Gasteiger partial charge in [-0.15, -0.1) is 0 Å². The topological polar surface area (TPSA) is 49.7 Å². The zero-order valence-corrected chi connectivity index (χ0v) is 5.93. The summed E-state index contributed by atoms with van der Waals surface area (Å²) in [4.78, 5) is 14.0. The van der Waals surface area contributed by atoms with Gasteiger partial charge in [0.2, 0.25) is 0 Å². The monoisotopic (exact) mass is 159 g/mol. The molecule has 0 aromatic heterocycles. The minimum absolute atomic E-state index is 0.203. The van der Waals surface area contributed by atoms with Crippen LogP contribution in [0.4, 0.5) is 0 Å². The van der Waals surface area contributed by atoms with E-state index in [1.165, 1.54) is 0 Å². The number of rotatable bonds is 1. The second-order valence-electron chi connectivity index (χ2n) is 1.93. The first-order valence-corrected chi connectivity index (χ1v) is 3.19. The largest absolute Gasteiger partial charge is 0.478 e. The Hall–Kier alpha value is -0.830. The molecule has 1 aliphatic rings. The van der Waals surface area contributed by atoms with Gasteiger partial charge in [-0.1, -0.05) is 17.7 Å². The van der Waals surface area contributed by atoms with Crippen LogP contribution >= 0.6 is 11.6 Å². The average molecular weight is 160 g/mol. The quantitative estimate of drug-likeness (QED) is 0.622. The van der Waals surface area contributed by atoms with E-state index in [4.69, 9.17) is 16.7 Å². The maximum atomic E-state index is 10.3. The SMILES string of the molecule is O=C(O)C1=CCC(Cl)=NC1. The van der Waals surface area contributed by atoms with Crippen molar-refractivity contribution in [1.29, 1.82) is 0 Å². The first-order valence-electron chi connectivity index (χ1n) is 2.81. The van der Waals surface area contributed by atoms with Crippen LogP contribution in [0.15, 0.2) is 16.6 Å². The van der Waals surface area contributed by atoms with Crippen molar-refractivity contribution in [2.75, 3.05) is 6.54 Å². The number of nitrogens with zero attached hydrogens (tertiary/aromatic N) is 1. The van der Waals surface area contributed by atoms with Gasteiger partial charge in [0.15, 0.2) is 0 Å². The number of hydrogen-bond donors (Lipinski definition) is 1. The summed E-state index contributed by atoms with van der Waals surface area (Å²) in [5.74, 6) is -0.909. The van der Waals surface area contributed by atoms with Crippen molar-refractivity contribution in [2.45, 2.75) is 6.42 Å². The Morgan fingerprint density at radius 3 is 2.90 bits per heavy atom. The molecule has 1 aliphatic heterocycles. The molecule has 0 bridgehead atoms. The lowest BCUT2D eigenvalue weighted by Crippen LogP contribution is -2.08. The maximum Gasteiger partial charge on any atom is 0.333 e. The molecule has 0 atom stereocenters. The molecular weight excluding hydrogens is 154 g/mol. The van der Waals surface area contributed by atoms with E-state index in [1.54, 1.807) is 6.08 Å². The zero-order valence-electron chi connectivity index (χ0n) is 5.17. The highest BCUT2D eigenvalue weighted by molar-refractivity contribution is 6.65. The Kier molecular flexibility index (Phi) is 2.06. The fraction of sp³-hybridized carbons (Fsp3) is 0.333. The number of halogens is 1. The number of carboxylic acid groups (broad SMARTS) is 1. The molecule has 0 radical (unpaired) electrons. The lowest BCUT2D eigenvalue weighted by molar-refractivity contribution is -0.132. The van der Waals surface area contributed by atoms with Crippen LogP contribution in [0.2, 0.25) is 0 Å². The van der Waals surface area contributed by atoms with Gasteiger partial charge in [0.25, 0.3) is 0 Å². The van der Waals surface area contributed by atoms with Crippen molar-refractivity contribution < 1.29 is 9.90 Å². The Labute approximate surface area is 63.0 Å². The molecule has 0 amide bonds. The molecule has 10 heavy (non-hydrogen) atoms. The highest BCUT2D eigenvalue weighted by Gasteiger charge is 2.10. The summed E-state index contributed by atoms with van der Waals surface area (Å²) in [5, 5.41) is 8.92. The molecule has 0 aliphatic carbocycles. The van der Waals surface area contributed by atoms with E-state index in [0.29, 0.717) is 17.2 Å². The second kappa shape index (κ2) is 2.84. The van der Waals surface area contributed by atoms with Crippen molar-refractivity contribution in [3.63, 3.8) is 0 Å². The number of carboxylic acids is 1. The van der Waals surface area contributed by atoms with Gasteiger partial charge in [-0.2, -0.15) is 0 Å².